The molecule has 1 nitrogen and oxygen atoms in total. The quantitative estimate of drug-likeness (QED) is 0.832. The van der Waals surface area contributed by atoms with E-state index in [2.05, 4.69) is 15.9 Å². The first-order valence-electron chi connectivity index (χ1n) is 5.58. The topological polar surface area (TPSA) is 26.0 Å². The average Bonchev–Trinajstić information content (AvgIpc) is 2.46. The summed E-state index contributed by atoms with van der Waals surface area (Å²) in [5, 5.41) is 0. The van der Waals surface area contributed by atoms with E-state index in [1.165, 1.54) is 6.07 Å². The van der Waals surface area contributed by atoms with Crippen molar-refractivity contribution in [3.05, 3.63) is 40.1 Å². The summed E-state index contributed by atoms with van der Waals surface area (Å²) >= 11 is 3.37. The molecule has 3 heteroatoms. The van der Waals surface area contributed by atoms with E-state index in [4.69, 9.17) is 5.73 Å². The van der Waals surface area contributed by atoms with Gasteiger partial charge in [-0.2, -0.15) is 0 Å². The molecule has 1 aromatic rings. The number of allylic oxidation sites excluding steroid dienone is 1. The molecular formula is C13H15BrFN. The Kier molecular flexibility index (Phi) is 3.77. The Morgan fingerprint density at radius 1 is 1.31 bits per heavy atom. The molecule has 1 aliphatic rings. The second-order valence-electron chi connectivity index (χ2n) is 4.23. The van der Waals surface area contributed by atoms with Crippen molar-refractivity contribution in [3.8, 4) is 0 Å². The van der Waals surface area contributed by atoms with Crippen molar-refractivity contribution in [3.63, 3.8) is 0 Å². The second-order valence-corrected chi connectivity index (χ2v) is 5.14. The molecule has 0 spiro atoms. The van der Waals surface area contributed by atoms with Gasteiger partial charge in [-0.15, -0.1) is 0 Å². The first kappa shape index (κ1) is 11.8. The predicted octanol–water partition coefficient (Wildman–Crippen LogP) is 3.87. The molecule has 1 aliphatic carbocycles. The van der Waals surface area contributed by atoms with Gasteiger partial charge >= 0.3 is 0 Å². The zero-order chi connectivity index (χ0) is 11.5. The van der Waals surface area contributed by atoms with Crippen LogP contribution in [0.2, 0.25) is 0 Å². The van der Waals surface area contributed by atoms with Gasteiger partial charge in [-0.1, -0.05) is 28.4 Å². The zero-order valence-corrected chi connectivity index (χ0v) is 10.6. The fraction of sp³-hybridized carbons (Fsp3) is 0.385. The highest BCUT2D eigenvalue weighted by Crippen LogP contribution is 2.29. The van der Waals surface area contributed by atoms with Crippen molar-refractivity contribution >= 4 is 21.5 Å². The van der Waals surface area contributed by atoms with Gasteiger partial charge in [0.05, 0.1) is 0 Å². The molecule has 2 rings (SSSR count). The summed E-state index contributed by atoms with van der Waals surface area (Å²) in [6.07, 6.45) is 6.14. The molecule has 1 aromatic carbocycles. The molecule has 0 aliphatic heterocycles. The third-order valence-electron chi connectivity index (χ3n) is 2.92. The largest absolute Gasteiger partial charge is 0.324 e. The van der Waals surface area contributed by atoms with E-state index in [0.717, 1.165) is 35.7 Å². The van der Waals surface area contributed by atoms with E-state index in [1.807, 2.05) is 12.1 Å². The van der Waals surface area contributed by atoms with Crippen LogP contribution in [0.3, 0.4) is 0 Å². The standard InChI is InChI=1S/C13H15BrFN/c14-10-5-6-13(15)12(8-10)9-3-1-2-4-11(16)7-9/h5-8,11H,1-4,16H2. The summed E-state index contributed by atoms with van der Waals surface area (Å²) in [6.45, 7) is 0. The molecule has 0 saturated carbocycles. The lowest BCUT2D eigenvalue weighted by molar-refractivity contribution is 0.622. The molecule has 0 aromatic heterocycles. The normalized spacial score (nSPS) is 21.4. The Morgan fingerprint density at radius 3 is 2.94 bits per heavy atom. The van der Waals surface area contributed by atoms with E-state index in [-0.39, 0.29) is 11.9 Å². The third kappa shape index (κ3) is 2.71. The van der Waals surface area contributed by atoms with Gasteiger partial charge in [-0.25, -0.2) is 4.39 Å². The minimum Gasteiger partial charge on any atom is -0.324 e. The van der Waals surface area contributed by atoms with Crippen molar-refractivity contribution in [1.29, 1.82) is 0 Å². The second kappa shape index (κ2) is 5.11. The van der Waals surface area contributed by atoms with Crippen LogP contribution >= 0.6 is 15.9 Å². The Bertz CT molecular complexity index is 414. The van der Waals surface area contributed by atoms with Gasteiger partial charge in [0.15, 0.2) is 0 Å². The fourth-order valence-corrected chi connectivity index (χ4v) is 2.45. The minimum atomic E-state index is -0.163. The van der Waals surface area contributed by atoms with Crippen LogP contribution in [0.15, 0.2) is 28.7 Å². The lowest BCUT2D eigenvalue weighted by atomic mass is 10.0. The van der Waals surface area contributed by atoms with Crippen molar-refractivity contribution < 1.29 is 4.39 Å². The maximum absolute atomic E-state index is 13.7. The number of hydrogen-bond donors (Lipinski definition) is 1. The predicted molar refractivity (Wildman–Crippen MR) is 68.5 cm³/mol. The van der Waals surface area contributed by atoms with Gasteiger partial charge in [-0.3, -0.25) is 0 Å². The van der Waals surface area contributed by atoms with Gasteiger partial charge in [0.25, 0.3) is 0 Å². The maximum Gasteiger partial charge on any atom is 0.130 e. The van der Waals surface area contributed by atoms with E-state index < -0.39 is 0 Å². The first-order valence-corrected chi connectivity index (χ1v) is 6.38. The Hall–Kier alpha value is -0.670. The summed E-state index contributed by atoms with van der Waals surface area (Å²) in [4.78, 5) is 0. The number of benzene rings is 1. The van der Waals surface area contributed by atoms with Crippen molar-refractivity contribution in [2.45, 2.75) is 31.7 Å². The monoisotopic (exact) mass is 283 g/mol. The molecule has 2 N–H and O–H groups in total. The molecule has 0 bridgehead atoms. The van der Waals surface area contributed by atoms with Crippen molar-refractivity contribution in [2.24, 2.45) is 5.73 Å². The highest BCUT2D eigenvalue weighted by molar-refractivity contribution is 9.10. The first-order chi connectivity index (χ1) is 7.66. The van der Waals surface area contributed by atoms with E-state index >= 15 is 0 Å². The smallest absolute Gasteiger partial charge is 0.130 e. The van der Waals surface area contributed by atoms with Crippen LogP contribution in [-0.2, 0) is 0 Å². The molecule has 0 amide bonds. The zero-order valence-electron chi connectivity index (χ0n) is 9.05. The molecule has 86 valence electrons. The number of nitrogens with two attached hydrogens (primary N) is 1. The Morgan fingerprint density at radius 2 is 2.12 bits per heavy atom. The number of rotatable bonds is 1. The molecular weight excluding hydrogens is 269 g/mol. The van der Waals surface area contributed by atoms with Crippen molar-refractivity contribution in [1.82, 2.24) is 0 Å². The van der Waals surface area contributed by atoms with E-state index in [1.54, 1.807) is 6.07 Å². The number of hydrogen-bond acceptors (Lipinski definition) is 1. The van der Waals surface area contributed by atoms with Crippen molar-refractivity contribution in [2.75, 3.05) is 0 Å². The van der Waals surface area contributed by atoms with Crippen LogP contribution in [0.4, 0.5) is 4.39 Å². The van der Waals surface area contributed by atoms with E-state index in [9.17, 15) is 4.39 Å². The third-order valence-corrected chi connectivity index (χ3v) is 3.42. The van der Waals surface area contributed by atoms with Gasteiger partial charge < -0.3 is 5.73 Å². The molecule has 0 fully saturated rings. The van der Waals surface area contributed by atoms with Crippen LogP contribution in [0, 0.1) is 5.82 Å². The summed E-state index contributed by atoms with van der Waals surface area (Å²) in [5.74, 6) is -0.163. The van der Waals surface area contributed by atoms with Crippen LogP contribution < -0.4 is 5.73 Å². The lowest BCUT2D eigenvalue weighted by Crippen LogP contribution is -2.15. The summed E-state index contributed by atoms with van der Waals surface area (Å²) in [5.41, 5.74) is 7.67. The summed E-state index contributed by atoms with van der Waals surface area (Å²) in [7, 11) is 0. The molecule has 1 unspecified atom stereocenters. The van der Waals surface area contributed by atoms with Gasteiger partial charge in [0.2, 0.25) is 0 Å². The highest BCUT2D eigenvalue weighted by atomic mass is 79.9. The average molecular weight is 284 g/mol. The van der Waals surface area contributed by atoms with Crippen LogP contribution in [0.5, 0.6) is 0 Å². The van der Waals surface area contributed by atoms with E-state index in [0.29, 0.717) is 5.56 Å². The van der Waals surface area contributed by atoms with Crippen LogP contribution in [0.1, 0.15) is 31.2 Å². The SMILES string of the molecule is NC1C=C(c2cc(Br)ccc2F)CCCC1. The number of halogens is 2. The molecule has 1 atom stereocenters. The molecule has 16 heavy (non-hydrogen) atoms. The van der Waals surface area contributed by atoms with Gasteiger partial charge in [0.1, 0.15) is 5.82 Å². The Balaban J connectivity index is 2.38. The van der Waals surface area contributed by atoms with Gasteiger partial charge in [0, 0.05) is 16.1 Å². The highest BCUT2D eigenvalue weighted by Gasteiger charge is 2.13. The molecule has 0 heterocycles. The summed E-state index contributed by atoms with van der Waals surface area (Å²) < 4.78 is 14.6. The van der Waals surface area contributed by atoms with Crippen LogP contribution in [0.25, 0.3) is 5.57 Å². The minimum absolute atomic E-state index is 0.0656. The van der Waals surface area contributed by atoms with Gasteiger partial charge in [-0.05, 0) is 43.0 Å². The fourth-order valence-electron chi connectivity index (χ4n) is 2.09. The molecule has 0 saturated heterocycles. The maximum atomic E-state index is 13.7. The van der Waals surface area contributed by atoms with Crippen LogP contribution in [-0.4, -0.2) is 6.04 Å². The lowest BCUT2D eigenvalue weighted by Gasteiger charge is -2.09. The molecule has 0 radical (unpaired) electrons. The summed E-state index contributed by atoms with van der Waals surface area (Å²) in [6, 6.07) is 5.11. The Labute approximate surface area is 104 Å².